The molecule has 1 heterocycles. The van der Waals surface area contributed by atoms with Gasteiger partial charge in [-0.3, -0.25) is 19.7 Å². The summed E-state index contributed by atoms with van der Waals surface area (Å²) in [5.41, 5.74) is 1.07. The quantitative estimate of drug-likeness (QED) is 0.701. The zero-order chi connectivity index (χ0) is 17.4. The zero-order valence-corrected chi connectivity index (χ0v) is 14.0. The van der Waals surface area contributed by atoms with Crippen LogP contribution in [0.5, 0.6) is 0 Å². The molecule has 0 atom stereocenters. The van der Waals surface area contributed by atoms with E-state index in [0.717, 1.165) is 0 Å². The first kappa shape index (κ1) is 17.6. The molecule has 24 heavy (non-hydrogen) atoms. The van der Waals surface area contributed by atoms with Crippen molar-refractivity contribution in [2.24, 2.45) is 0 Å². The number of carbonyl (C=O) groups is 3. The number of amides is 3. The van der Waals surface area contributed by atoms with Gasteiger partial charge in [0.05, 0.1) is 18.7 Å². The fraction of sp³-hybridized carbons (Fsp3) is 0.250. The van der Waals surface area contributed by atoms with Crippen molar-refractivity contribution < 1.29 is 14.4 Å². The average molecular weight is 346 g/mol. The Balaban J connectivity index is 1.83. The van der Waals surface area contributed by atoms with Gasteiger partial charge in [0.15, 0.2) is 5.13 Å². The Morgan fingerprint density at radius 2 is 1.83 bits per heavy atom. The van der Waals surface area contributed by atoms with Crippen LogP contribution in [0.25, 0.3) is 0 Å². The molecule has 2 aromatic rings. The van der Waals surface area contributed by atoms with Crippen LogP contribution in [0.2, 0.25) is 0 Å². The van der Waals surface area contributed by atoms with Gasteiger partial charge in [0.2, 0.25) is 11.8 Å². The van der Waals surface area contributed by atoms with Crippen LogP contribution in [0, 0.1) is 0 Å². The number of carbonyl (C=O) groups excluding carboxylic acids is 3. The van der Waals surface area contributed by atoms with E-state index in [2.05, 4.69) is 20.9 Å². The summed E-state index contributed by atoms with van der Waals surface area (Å²) in [7, 11) is 0. The minimum absolute atomic E-state index is 0.0527. The molecule has 0 spiro atoms. The number of anilines is 1. The van der Waals surface area contributed by atoms with E-state index in [0.29, 0.717) is 22.9 Å². The summed E-state index contributed by atoms with van der Waals surface area (Å²) in [5, 5.41) is 9.93. The lowest BCUT2D eigenvalue weighted by atomic mass is 10.2. The summed E-state index contributed by atoms with van der Waals surface area (Å²) in [6.45, 7) is 2.26. The number of thiazole rings is 1. The van der Waals surface area contributed by atoms with Crippen molar-refractivity contribution in [3.05, 3.63) is 47.0 Å². The van der Waals surface area contributed by atoms with E-state index >= 15 is 0 Å². The molecule has 0 fully saturated rings. The summed E-state index contributed by atoms with van der Waals surface area (Å²) >= 11 is 1.24. The molecule has 0 bridgehead atoms. The molecule has 0 aliphatic rings. The maximum atomic E-state index is 12.0. The lowest BCUT2D eigenvalue weighted by molar-refractivity contribution is -0.125. The highest BCUT2D eigenvalue weighted by molar-refractivity contribution is 7.14. The Morgan fingerprint density at radius 1 is 1.08 bits per heavy atom. The molecule has 2 rings (SSSR count). The van der Waals surface area contributed by atoms with Crippen molar-refractivity contribution in [2.45, 2.75) is 13.3 Å². The molecule has 126 valence electrons. The van der Waals surface area contributed by atoms with E-state index in [1.807, 2.05) is 6.07 Å². The Kier molecular flexibility index (Phi) is 6.44. The van der Waals surface area contributed by atoms with E-state index in [1.165, 1.54) is 11.3 Å². The molecule has 3 N–H and O–H groups in total. The third kappa shape index (κ3) is 5.47. The Bertz CT molecular complexity index is 715. The molecule has 0 radical (unpaired) electrons. The number of aromatic nitrogens is 1. The van der Waals surface area contributed by atoms with Gasteiger partial charge in [0, 0.05) is 17.5 Å². The monoisotopic (exact) mass is 346 g/mol. The predicted molar refractivity (Wildman–Crippen MR) is 91.9 cm³/mol. The van der Waals surface area contributed by atoms with Gasteiger partial charge < -0.3 is 10.6 Å². The van der Waals surface area contributed by atoms with E-state index < -0.39 is 0 Å². The summed E-state index contributed by atoms with van der Waals surface area (Å²) < 4.78 is 0. The van der Waals surface area contributed by atoms with E-state index in [4.69, 9.17) is 0 Å². The van der Waals surface area contributed by atoms with Gasteiger partial charge in [0.1, 0.15) is 0 Å². The second-order valence-corrected chi connectivity index (χ2v) is 5.73. The maximum absolute atomic E-state index is 12.0. The number of nitrogens with zero attached hydrogens (tertiary/aromatic N) is 1. The largest absolute Gasteiger partial charge is 0.355 e. The van der Waals surface area contributed by atoms with Crippen LogP contribution in [0.1, 0.15) is 23.0 Å². The molecule has 0 saturated heterocycles. The maximum Gasteiger partial charge on any atom is 0.257 e. The fourth-order valence-corrected chi connectivity index (χ4v) is 2.58. The average Bonchev–Trinajstić information content (AvgIpc) is 3.01. The lowest BCUT2D eigenvalue weighted by Gasteiger charge is -2.04. The van der Waals surface area contributed by atoms with Crippen molar-refractivity contribution in [1.82, 2.24) is 15.6 Å². The highest BCUT2D eigenvalue weighted by atomic mass is 32.1. The highest BCUT2D eigenvalue weighted by Crippen LogP contribution is 2.16. The summed E-state index contributed by atoms with van der Waals surface area (Å²) in [5.74, 6) is -0.787. The lowest BCUT2D eigenvalue weighted by Crippen LogP contribution is -2.37. The van der Waals surface area contributed by atoms with Gasteiger partial charge in [0.25, 0.3) is 5.91 Å². The highest BCUT2D eigenvalue weighted by Gasteiger charge is 2.11. The molecule has 1 aromatic heterocycles. The van der Waals surface area contributed by atoms with Crippen LogP contribution in [-0.4, -0.2) is 35.8 Å². The minimum Gasteiger partial charge on any atom is -0.355 e. The molecule has 0 unspecified atom stereocenters. The number of benzene rings is 1. The third-order valence-corrected chi connectivity index (χ3v) is 3.78. The number of hydrogen-bond donors (Lipinski definition) is 3. The van der Waals surface area contributed by atoms with Crippen molar-refractivity contribution in [3.63, 3.8) is 0 Å². The van der Waals surface area contributed by atoms with Crippen LogP contribution in [0.15, 0.2) is 35.7 Å². The van der Waals surface area contributed by atoms with Crippen molar-refractivity contribution in [2.75, 3.05) is 18.4 Å². The van der Waals surface area contributed by atoms with Gasteiger partial charge in [-0.15, -0.1) is 11.3 Å². The summed E-state index contributed by atoms with van der Waals surface area (Å²) in [6.07, 6.45) is 0.0527. The van der Waals surface area contributed by atoms with E-state index in [1.54, 1.807) is 36.6 Å². The fourth-order valence-electron chi connectivity index (χ4n) is 1.87. The standard InChI is InChI=1S/C16H18N4O3S/c1-2-17-14(22)9-18-13(21)8-12-10-24-16(19-12)20-15(23)11-6-4-3-5-7-11/h3-7,10H,2,8-9H2,1H3,(H,17,22)(H,18,21)(H,19,20,23). The summed E-state index contributed by atoms with van der Waals surface area (Å²) in [6, 6.07) is 8.80. The Hall–Kier alpha value is -2.74. The molecule has 0 saturated carbocycles. The first-order chi connectivity index (χ1) is 11.6. The van der Waals surface area contributed by atoms with Crippen molar-refractivity contribution >= 4 is 34.2 Å². The normalized spacial score (nSPS) is 10.0. The van der Waals surface area contributed by atoms with Gasteiger partial charge >= 0.3 is 0 Å². The van der Waals surface area contributed by atoms with Crippen LogP contribution in [0.3, 0.4) is 0 Å². The SMILES string of the molecule is CCNC(=O)CNC(=O)Cc1csc(NC(=O)c2ccccc2)n1. The van der Waals surface area contributed by atoms with Crippen molar-refractivity contribution in [1.29, 1.82) is 0 Å². The minimum atomic E-state index is -0.299. The van der Waals surface area contributed by atoms with Gasteiger partial charge in [-0.05, 0) is 19.1 Å². The zero-order valence-electron chi connectivity index (χ0n) is 13.2. The predicted octanol–water partition coefficient (Wildman–Crippen LogP) is 1.19. The first-order valence-electron chi connectivity index (χ1n) is 7.42. The molecule has 7 nitrogen and oxygen atoms in total. The molecule has 8 heteroatoms. The van der Waals surface area contributed by atoms with Crippen LogP contribution in [-0.2, 0) is 16.0 Å². The van der Waals surface area contributed by atoms with Crippen LogP contribution in [0.4, 0.5) is 5.13 Å². The Labute approximate surface area is 143 Å². The number of hydrogen-bond acceptors (Lipinski definition) is 5. The van der Waals surface area contributed by atoms with Crippen LogP contribution >= 0.6 is 11.3 Å². The van der Waals surface area contributed by atoms with Gasteiger partial charge in [-0.25, -0.2) is 4.98 Å². The number of nitrogens with one attached hydrogen (secondary N) is 3. The molecule has 3 amide bonds. The molecule has 0 aliphatic heterocycles. The molecular formula is C16H18N4O3S. The van der Waals surface area contributed by atoms with Crippen molar-refractivity contribution in [3.8, 4) is 0 Å². The second kappa shape index (κ2) is 8.78. The van der Waals surface area contributed by atoms with E-state index in [-0.39, 0.29) is 30.7 Å². The van der Waals surface area contributed by atoms with Gasteiger partial charge in [-0.2, -0.15) is 0 Å². The molecule has 1 aromatic carbocycles. The summed E-state index contributed by atoms with van der Waals surface area (Å²) in [4.78, 5) is 39.3. The topological polar surface area (TPSA) is 100 Å². The Morgan fingerprint density at radius 3 is 2.54 bits per heavy atom. The molecule has 0 aliphatic carbocycles. The smallest absolute Gasteiger partial charge is 0.257 e. The van der Waals surface area contributed by atoms with Crippen LogP contribution < -0.4 is 16.0 Å². The first-order valence-corrected chi connectivity index (χ1v) is 8.30. The number of likely N-dealkylation sites (N-methyl/N-ethyl adjacent to an activating group) is 1. The second-order valence-electron chi connectivity index (χ2n) is 4.87. The number of rotatable bonds is 7. The third-order valence-electron chi connectivity index (χ3n) is 2.97. The van der Waals surface area contributed by atoms with Gasteiger partial charge in [-0.1, -0.05) is 18.2 Å². The molecular weight excluding hydrogens is 328 g/mol. The van der Waals surface area contributed by atoms with E-state index in [9.17, 15) is 14.4 Å².